The SMILES string of the molecule is [B-].c1c[nH+]c[nH]1. The van der Waals surface area contributed by atoms with Gasteiger partial charge < -0.3 is 8.41 Å². The minimum atomic E-state index is 0. The largest absolute Gasteiger partial charge is 1.00 e. The summed E-state index contributed by atoms with van der Waals surface area (Å²) in [5, 5.41) is 0. The molecule has 1 rings (SSSR count). The summed E-state index contributed by atoms with van der Waals surface area (Å²) >= 11 is 0. The summed E-state index contributed by atoms with van der Waals surface area (Å²) in [4.78, 5) is 5.61. The predicted octanol–water partition coefficient (Wildman–Crippen LogP) is -0.552. The molecule has 1 aromatic heterocycles. The molecule has 0 aromatic carbocycles. The molecule has 1 aromatic rings. The standard InChI is InChI=1S/C3H4N2.B/c1-2-5-3-4-1;/h1-3H,(H,4,5);/q;-1/p+1. The van der Waals surface area contributed by atoms with E-state index in [0.717, 1.165) is 0 Å². The number of hydrogen-bond donors (Lipinski definition) is 1. The summed E-state index contributed by atoms with van der Waals surface area (Å²) in [7, 11) is 0. The first kappa shape index (κ1) is 5.27. The van der Waals surface area contributed by atoms with E-state index < -0.39 is 0 Å². The van der Waals surface area contributed by atoms with Gasteiger partial charge in [-0.3, -0.25) is 9.97 Å². The van der Waals surface area contributed by atoms with Crippen molar-refractivity contribution in [2.24, 2.45) is 0 Å². The minimum absolute atomic E-state index is 0. The van der Waals surface area contributed by atoms with Crippen LogP contribution in [0.4, 0.5) is 0 Å². The third-order valence-corrected chi connectivity index (χ3v) is 0.442. The zero-order chi connectivity index (χ0) is 3.54. The fourth-order valence-corrected chi connectivity index (χ4v) is 0.241. The second-order valence-electron chi connectivity index (χ2n) is 0.811. The molecule has 1 heterocycles. The molecule has 0 saturated carbocycles. The summed E-state index contributed by atoms with van der Waals surface area (Å²) in [6, 6.07) is 0. The van der Waals surface area contributed by atoms with E-state index in [1.807, 2.05) is 12.4 Å². The Balaban J connectivity index is 0.000000250. The Morgan fingerprint density at radius 3 is 2.50 bits per heavy atom. The Bertz CT molecular complexity index is 65.3. The van der Waals surface area contributed by atoms with Crippen LogP contribution >= 0.6 is 0 Å². The second kappa shape index (κ2) is 2.51. The van der Waals surface area contributed by atoms with Gasteiger partial charge in [-0.15, -0.1) is 0 Å². The third kappa shape index (κ3) is 0.927. The third-order valence-electron chi connectivity index (χ3n) is 0.442. The predicted molar refractivity (Wildman–Crippen MR) is 23.1 cm³/mol. The van der Waals surface area contributed by atoms with Crippen molar-refractivity contribution >= 4 is 8.41 Å². The van der Waals surface area contributed by atoms with Crippen LogP contribution in [0.25, 0.3) is 0 Å². The van der Waals surface area contributed by atoms with Crippen molar-refractivity contribution in [2.45, 2.75) is 0 Å². The summed E-state index contributed by atoms with van der Waals surface area (Å²) in [5.41, 5.74) is 0. The molecule has 0 spiro atoms. The van der Waals surface area contributed by atoms with Crippen molar-refractivity contribution in [1.82, 2.24) is 4.98 Å². The Hall–Kier alpha value is -0.725. The normalized spacial score (nSPS) is 6.67. The molecule has 30 valence electrons. The van der Waals surface area contributed by atoms with E-state index >= 15 is 0 Å². The van der Waals surface area contributed by atoms with Gasteiger partial charge in [0.2, 0.25) is 6.33 Å². The maximum absolute atomic E-state index is 2.81. The smallest absolute Gasteiger partial charge is 0.239 e. The number of hydrogen-bond acceptors (Lipinski definition) is 0. The lowest BCUT2D eigenvalue weighted by Crippen LogP contribution is -1.87. The molecule has 0 aliphatic rings. The number of H-pyrrole nitrogens is 2. The highest BCUT2D eigenvalue weighted by Gasteiger charge is 1.65. The van der Waals surface area contributed by atoms with Crippen LogP contribution in [0.1, 0.15) is 0 Å². The molecule has 0 bridgehead atoms. The molecular formula is C3H5BN2. The molecule has 0 aliphatic heterocycles. The van der Waals surface area contributed by atoms with Gasteiger partial charge in [0.1, 0.15) is 12.4 Å². The van der Waals surface area contributed by atoms with Crippen LogP contribution in [0.15, 0.2) is 18.7 Å². The van der Waals surface area contributed by atoms with Crippen molar-refractivity contribution < 1.29 is 4.98 Å². The quantitative estimate of drug-likeness (QED) is 0.405. The van der Waals surface area contributed by atoms with Crippen LogP contribution in [0.5, 0.6) is 0 Å². The number of nitrogens with one attached hydrogen (secondary N) is 2. The second-order valence-corrected chi connectivity index (χ2v) is 0.811. The lowest BCUT2D eigenvalue weighted by molar-refractivity contribution is -0.375. The summed E-state index contributed by atoms with van der Waals surface area (Å²) in [6.07, 6.45) is 5.39. The van der Waals surface area contributed by atoms with Crippen LogP contribution in [0.3, 0.4) is 0 Å². The van der Waals surface area contributed by atoms with Crippen molar-refractivity contribution in [1.29, 1.82) is 0 Å². The highest BCUT2D eigenvalue weighted by atomic mass is 14.8. The first-order chi connectivity index (χ1) is 2.50. The van der Waals surface area contributed by atoms with Crippen LogP contribution in [0, 0.1) is 0 Å². The zero-order valence-electron chi connectivity index (χ0n) is 3.31. The molecule has 0 amide bonds. The Kier molecular flexibility index (Phi) is 2.21. The lowest BCUT2D eigenvalue weighted by atomic mass is 10.8. The lowest BCUT2D eigenvalue weighted by Gasteiger charge is -1.37. The molecule has 0 unspecified atom stereocenters. The monoisotopic (exact) mass is 80.1 g/mol. The van der Waals surface area contributed by atoms with Crippen LogP contribution in [0.2, 0.25) is 0 Å². The van der Waals surface area contributed by atoms with Gasteiger partial charge in [-0.05, 0) is 0 Å². The highest BCUT2D eigenvalue weighted by molar-refractivity contribution is 5.75. The first-order valence-electron chi connectivity index (χ1n) is 1.49. The van der Waals surface area contributed by atoms with Crippen LogP contribution in [-0.4, -0.2) is 13.4 Å². The number of imidazole rings is 1. The summed E-state index contributed by atoms with van der Waals surface area (Å²) in [5.74, 6) is 0. The van der Waals surface area contributed by atoms with Crippen LogP contribution < -0.4 is 4.98 Å². The molecule has 0 atom stereocenters. The van der Waals surface area contributed by atoms with E-state index in [2.05, 4.69) is 9.97 Å². The van der Waals surface area contributed by atoms with Crippen molar-refractivity contribution in [3.63, 3.8) is 0 Å². The molecule has 2 nitrogen and oxygen atoms in total. The fourth-order valence-electron chi connectivity index (χ4n) is 0.241. The summed E-state index contributed by atoms with van der Waals surface area (Å²) < 4.78 is 0. The van der Waals surface area contributed by atoms with E-state index in [-0.39, 0.29) is 8.41 Å². The fraction of sp³-hybridized carbons (Fsp3) is 0. The average Bonchev–Trinajstić information content (AvgIpc) is 1.76. The summed E-state index contributed by atoms with van der Waals surface area (Å²) in [6.45, 7) is 0. The van der Waals surface area contributed by atoms with E-state index in [1.165, 1.54) is 0 Å². The van der Waals surface area contributed by atoms with Crippen molar-refractivity contribution in [3.8, 4) is 0 Å². The number of rotatable bonds is 0. The topological polar surface area (TPSA) is 29.9 Å². The highest BCUT2D eigenvalue weighted by Crippen LogP contribution is 1.53. The Morgan fingerprint density at radius 1 is 1.50 bits per heavy atom. The van der Waals surface area contributed by atoms with Gasteiger partial charge in [-0.1, -0.05) is 0 Å². The Morgan fingerprint density at radius 2 is 2.33 bits per heavy atom. The van der Waals surface area contributed by atoms with Gasteiger partial charge in [0, 0.05) is 0 Å². The molecule has 6 heavy (non-hydrogen) atoms. The van der Waals surface area contributed by atoms with E-state index in [0.29, 0.717) is 0 Å². The molecule has 0 fully saturated rings. The van der Waals surface area contributed by atoms with Crippen molar-refractivity contribution in [2.75, 3.05) is 0 Å². The number of aromatic nitrogens is 2. The zero-order valence-corrected chi connectivity index (χ0v) is 3.31. The van der Waals surface area contributed by atoms with E-state index in [4.69, 9.17) is 0 Å². The van der Waals surface area contributed by atoms with Gasteiger partial charge in [0.05, 0.1) is 0 Å². The maximum atomic E-state index is 2.81. The van der Waals surface area contributed by atoms with E-state index in [9.17, 15) is 0 Å². The minimum Gasteiger partial charge on any atom is -1.00 e. The maximum Gasteiger partial charge on any atom is 0.239 e. The first-order valence-corrected chi connectivity index (χ1v) is 1.49. The molecule has 3 heteroatoms. The van der Waals surface area contributed by atoms with Gasteiger partial charge in [-0.25, -0.2) is 0 Å². The van der Waals surface area contributed by atoms with Gasteiger partial charge in [-0.2, -0.15) is 0 Å². The Labute approximate surface area is 38.2 Å². The number of aromatic amines is 2. The van der Waals surface area contributed by atoms with Gasteiger partial charge in [0.15, 0.2) is 0 Å². The van der Waals surface area contributed by atoms with Crippen molar-refractivity contribution in [3.05, 3.63) is 18.7 Å². The molecule has 2 N–H and O–H groups in total. The average molecular weight is 79.9 g/mol. The van der Waals surface area contributed by atoms with Gasteiger partial charge >= 0.3 is 0 Å². The van der Waals surface area contributed by atoms with Gasteiger partial charge in [0.25, 0.3) is 0 Å². The molecule has 0 saturated heterocycles. The van der Waals surface area contributed by atoms with Crippen LogP contribution in [-0.2, 0) is 0 Å². The molecular weight excluding hydrogens is 74.9 g/mol. The molecule has 4 radical (unpaired) electrons. The molecule has 0 aliphatic carbocycles. The van der Waals surface area contributed by atoms with E-state index in [1.54, 1.807) is 6.33 Å².